The zero-order chi connectivity index (χ0) is 11.8. The Balaban J connectivity index is 2.28. The van der Waals surface area contributed by atoms with Crippen LogP contribution in [0.15, 0.2) is 28.7 Å². The van der Waals surface area contributed by atoms with Crippen molar-refractivity contribution in [1.82, 2.24) is 0 Å². The first-order valence-electron chi connectivity index (χ1n) is 5.28. The van der Waals surface area contributed by atoms with Crippen molar-refractivity contribution < 1.29 is 9.90 Å². The smallest absolute Gasteiger partial charge is 0.314 e. The SMILES string of the molecule is NCC1CC(C(=O)O)(c2ccc(Br)cc2)C1. The van der Waals surface area contributed by atoms with Gasteiger partial charge in [0.25, 0.3) is 0 Å². The fraction of sp³-hybridized carbons (Fsp3) is 0.417. The standard InChI is InChI=1S/C12H14BrNO2/c13-10-3-1-9(2-4-10)12(11(15)16)5-8(6-12)7-14/h1-4,8H,5-7,14H2,(H,15,16). The second-order valence-corrected chi connectivity index (χ2v) is 5.32. The molecule has 2 rings (SSSR count). The molecule has 1 fully saturated rings. The second kappa shape index (κ2) is 4.18. The number of benzene rings is 1. The minimum Gasteiger partial charge on any atom is -0.481 e. The van der Waals surface area contributed by atoms with Gasteiger partial charge >= 0.3 is 5.97 Å². The Hall–Kier alpha value is -0.870. The Labute approximate surface area is 103 Å². The number of aliphatic carboxylic acids is 1. The maximum absolute atomic E-state index is 11.4. The summed E-state index contributed by atoms with van der Waals surface area (Å²) in [5.74, 6) is -0.390. The number of nitrogens with two attached hydrogens (primary N) is 1. The van der Waals surface area contributed by atoms with Gasteiger partial charge in [-0.2, -0.15) is 0 Å². The number of hydrogen-bond donors (Lipinski definition) is 2. The molecule has 16 heavy (non-hydrogen) atoms. The Morgan fingerprint density at radius 1 is 1.44 bits per heavy atom. The summed E-state index contributed by atoms with van der Waals surface area (Å²) in [7, 11) is 0. The zero-order valence-corrected chi connectivity index (χ0v) is 10.4. The van der Waals surface area contributed by atoms with E-state index in [2.05, 4.69) is 15.9 Å². The molecule has 0 saturated heterocycles. The largest absolute Gasteiger partial charge is 0.481 e. The first-order valence-corrected chi connectivity index (χ1v) is 6.07. The monoisotopic (exact) mass is 283 g/mol. The summed E-state index contributed by atoms with van der Waals surface area (Å²) >= 11 is 3.35. The van der Waals surface area contributed by atoms with Gasteiger partial charge < -0.3 is 10.8 Å². The van der Waals surface area contributed by atoms with Crippen LogP contribution < -0.4 is 5.73 Å². The molecular formula is C12H14BrNO2. The van der Waals surface area contributed by atoms with Crippen LogP contribution in [0.25, 0.3) is 0 Å². The number of rotatable bonds is 3. The third-order valence-corrected chi connectivity index (χ3v) is 3.94. The molecule has 0 heterocycles. The van der Waals surface area contributed by atoms with Crippen molar-refractivity contribution >= 4 is 21.9 Å². The third-order valence-electron chi connectivity index (χ3n) is 3.41. The van der Waals surface area contributed by atoms with E-state index in [0.29, 0.717) is 25.3 Å². The zero-order valence-electron chi connectivity index (χ0n) is 8.82. The Kier molecular flexibility index (Phi) is 3.04. The van der Waals surface area contributed by atoms with Gasteiger partial charge in [-0.3, -0.25) is 4.79 Å². The Morgan fingerprint density at radius 2 is 2.00 bits per heavy atom. The minimum atomic E-state index is -0.737. The summed E-state index contributed by atoms with van der Waals surface area (Å²) in [4.78, 5) is 11.4. The molecule has 0 bridgehead atoms. The van der Waals surface area contributed by atoms with Crippen LogP contribution in [0, 0.1) is 5.92 Å². The maximum atomic E-state index is 11.4. The highest BCUT2D eigenvalue weighted by molar-refractivity contribution is 9.10. The van der Waals surface area contributed by atoms with Gasteiger partial charge in [0.15, 0.2) is 0 Å². The molecule has 0 radical (unpaired) electrons. The topological polar surface area (TPSA) is 63.3 Å². The van der Waals surface area contributed by atoms with Gasteiger partial charge in [0.1, 0.15) is 0 Å². The van der Waals surface area contributed by atoms with Crippen LogP contribution in [0.2, 0.25) is 0 Å². The van der Waals surface area contributed by atoms with Crippen molar-refractivity contribution in [3.63, 3.8) is 0 Å². The molecule has 3 nitrogen and oxygen atoms in total. The van der Waals surface area contributed by atoms with Crippen molar-refractivity contribution in [2.75, 3.05) is 6.54 Å². The van der Waals surface area contributed by atoms with E-state index in [1.54, 1.807) is 0 Å². The van der Waals surface area contributed by atoms with Gasteiger partial charge in [-0.25, -0.2) is 0 Å². The highest BCUT2D eigenvalue weighted by Crippen LogP contribution is 2.47. The summed E-state index contributed by atoms with van der Waals surface area (Å²) in [6.45, 7) is 0.575. The van der Waals surface area contributed by atoms with E-state index in [1.165, 1.54) is 0 Å². The first-order chi connectivity index (χ1) is 7.58. The van der Waals surface area contributed by atoms with E-state index in [0.717, 1.165) is 10.0 Å². The molecule has 0 atom stereocenters. The molecule has 1 aromatic carbocycles. The average molecular weight is 284 g/mol. The van der Waals surface area contributed by atoms with Crippen LogP contribution in [0.3, 0.4) is 0 Å². The third kappa shape index (κ3) is 1.76. The van der Waals surface area contributed by atoms with Crippen molar-refractivity contribution in [3.8, 4) is 0 Å². The quantitative estimate of drug-likeness (QED) is 0.893. The predicted molar refractivity (Wildman–Crippen MR) is 65.2 cm³/mol. The highest BCUT2D eigenvalue weighted by Gasteiger charge is 2.50. The number of carboxylic acids is 1. The van der Waals surface area contributed by atoms with Gasteiger partial charge in [0.2, 0.25) is 0 Å². The van der Waals surface area contributed by atoms with Crippen LogP contribution in [0.4, 0.5) is 0 Å². The maximum Gasteiger partial charge on any atom is 0.314 e. The molecule has 1 saturated carbocycles. The lowest BCUT2D eigenvalue weighted by atomic mass is 9.58. The van der Waals surface area contributed by atoms with Crippen molar-refractivity contribution in [2.45, 2.75) is 18.3 Å². The summed E-state index contributed by atoms with van der Waals surface area (Å²) in [5.41, 5.74) is 5.74. The number of carboxylic acid groups (broad SMARTS) is 1. The van der Waals surface area contributed by atoms with E-state index < -0.39 is 11.4 Å². The number of hydrogen-bond acceptors (Lipinski definition) is 2. The van der Waals surface area contributed by atoms with E-state index in [4.69, 9.17) is 5.73 Å². The predicted octanol–water partition coefficient (Wildman–Crippen LogP) is 2.14. The van der Waals surface area contributed by atoms with Crippen molar-refractivity contribution in [1.29, 1.82) is 0 Å². The summed E-state index contributed by atoms with van der Waals surface area (Å²) in [6.07, 6.45) is 1.31. The lowest BCUT2D eigenvalue weighted by Gasteiger charge is -2.44. The minimum absolute atomic E-state index is 0.347. The average Bonchev–Trinajstić information content (AvgIpc) is 2.19. The number of carbonyl (C=O) groups is 1. The molecule has 1 aliphatic rings. The van der Waals surface area contributed by atoms with Crippen LogP contribution in [0.5, 0.6) is 0 Å². The fourth-order valence-electron chi connectivity index (χ4n) is 2.40. The summed E-state index contributed by atoms with van der Waals surface area (Å²) in [6, 6.07) is 7.53. The molecular weight excluding hydrogens is 270 g/mol. The Bertz CT molecular complexity index is 396. The molecule has 0 aliphatic heterocycles. The highest BCUT2D eigenvalue weighted by atomic mass is 79.9. The van der Waals surface area contributed by atoms with Crippen LogP contribution in [-0.4, -0.2) is 17.6 Å². The van der Waals surface area contributed by atoms with E-state index in [-0.39, 0.29) is 0 Å². The molecule has 1 aromatic rings. The summed E-state index contributed by atoms with van der Waals surface area (Å²) in [5, 5.41) is 9.37. The van der Waals surface area contributed by atoms with E-state index >= 15 is 0 Å². The van der Waals surface area contributed by atoms with Crippen LogP contribution in [-0.2, 0) is 10.2 Å². The number of halogens is 1. The van der Waals surface area contributed by atoms with Crippen LogP contribution >= 0.6 is 15.9 Å². The van der Waals surface area contributed by atoms with Gasteiger partial charge in [-0.15, -0.1) is 0 Å². The molecule has 4 heteroatoms. The molecule has 0 spiro atoms. The van der Waals surface area contributed by atoms with Crippen LogP contribution in [0.1, 0.15) is 18.4 Å². The van der Waals surface area contributed by atoms with E-state index in [1.807, 2.05) is 24.3 Å². The lowest BCUT2D eigenvalue weighted by molar-refractivity contribution is -0.149. The molecule has 0 amide bonds. The van der Waals surface area contributed by atoms with Crippen molar-refractivity contribution in [2.24, 2.45) is 11.7 Å². The van der Waals surface area contributed by atoms with Gasteiger partial charge in [0.05, 0.1) is 5.41 Å². The van der Waals surface area contributed by atoms with Gasteiger partial charge in [0, 0.05) is 4.47 Å². The molecule has 3 N–H and O–H groups in total. The Morgan fingerprint density at radius 3 is 2.44 bits per heavy atom. The molecule has 0 unspecified atom stereocenters. The van der Waals surface area contributed by atoms with Gasteiger partial charge in [-0.1, -0.05) is 28.1 Å². The first kappa shape index (κ1) is 11.6. The van der Waals surface area contributed by atoms with E-state index in [9.17, 15) is 9.90 Å². The summed E-state index contributed by atoms with van der Waals surface area (Å²) < 4.78 is 0.964. The second-order valence-electron chi connectivity index (χ2n) is 4.40. The lowest BCUT2D eigenvalue weighted by Crippen LogP contribution is -2.49. The normalized spacial score (nSPS) is 28.5. The molecule has 86 valence electrons. The van der Waals surface area contributed by atoms with Gasteiger partial charge in [-0.05, 0) is 43.0 Å². The fourth-order valence-corrected chi connectivity index (χ4v) is 2.66. The molecule has 0 aromatic heterocycles. The van der Waals surface area contributed by atoms with Crippen molar-refractivity contribution in [3.05, 3.63) is 34.3 Å². The molecule has 1 aliphatic carbocycles.